The second kappa shape index (κ2) is 4.55. The van der Waals surface area contributed by atoms with Gasteiger partial charge < -0.3 is 4.42 Å². The fourth-order valence-corrected chi connectivity index (χ4v) is 1.74. The molecule has 1 aromatic rings. The van der Waals surface area contributed by atoms with Crippen molar-refractivity contribution in [3.63, 3.8) is 0 Å². The predicted molar refractivity (Wildman–Crippen MR) is 58.1 cm³/mol. The first-order valence-electron chi connectivity index (χ1n) is 5.57. The molecule has 1 aliphatic heterocycles. The normalized spacial score (nSPS) is 24.2. The Bertz CT molecular complexity index is 490. The van der Waals surface area contributed by atoms with Gasteiger partial charge in [0.1, 0.15) is 0 Å². The van der Waals surface area contributed by atoms with Crippen LogP contribution < -0.4 is 0 Å². The Kier molecular flexibility index (Phi) is 3.23. The van der Waals surface area contributed by atoms with Crippen LogP contribution in [0, 0.1) is 5.92 Å². The summed E-state index contributed by atoms with van der Waals surface area (Å²) >= 11 is 0. The molecule has 2 heterocycles. The Hall–Kier alpha value is -1.66. The van der Waals surface area contributed by atoms with Crippen LogP contribution in [0.5, 0.6) is 0 Å². The van der Waals surface area contributed by atoms with Crippen molar-refractivity contribution in [3.8, 4) is 0 Å². The molecule has 2 atom stereocenters. The average Bonchev–Trinajstić information content (AvgIpc) is 2.77. The van der Waals surface area contributed by atoms with E-state index in [1.165, 1.54) is 0 Å². The van der Waals surface area contributed by atoms with E-state index in [2.05, 4.69) is 19.6 Å². The third-order valence-corrected chi connectivity index (χ3v) is 2.75. The number of aromatic nitrogens is 2. The molecule has 1 aromatic heterocycles. The number of halogens is 3. The fraction of sp³-hybridized carbons (Fsp3) is 0.545. The van der Waals surface area contributed by atoms with Crippen molar-refractivity contribution in [2.75, 3.05) is 0 Å². The Morgan fingerprint density at radius 2 is 2.06 bits per heavy atom. The molecule has 4 nitrogen and oxygen atoms in total. The van der Waals surface area contributed by atoms with E-state index < -0.39 is 18.0 Å². The summed E-state index contributed by atoms with van der Waals surface area (Å²) in [7, 11) is 0. The van der Waals surface area contributed by atoms with Gasteiger partial charge in [-0.05, 0) is 12.3 Å². The Balaban J connectivity index is 2.22. The van der Waals surface area contributed by atoms with E-state index in [1.807, 2.05) is 19.9 Å². The van der Waals surface area contributed by atoms with Gasteiger partial charge in [-0.25, -0.2) is 0 Å². The smallest absolute Gasteiger partial charge is 0.417 e. The van der Waals surface area contributed by atoms with Crippen LogP contribution in [0.1, 0.15) is 38.0 Å². The summed E-state index contributed by atoms with van der Waals surface area (Å²) < 4.78 is 41.7. The lowest BCUT2D eigenvalue weighted by Gasteiger charge is -2.18. The molecule has 2 rings (SSSR count). The first kappa shape index (κ1) is 12.8. The molecule has 2 unspecified atom stereocenters. The molecule has 0 N–H and O–H groups in total. The summed E-state index contributed by atoms with van der Waals surface area (Å²) in [6.07, 6.45) is -0.352. The molecule has 0 spiro atoms. The van der Waals surface area contributed by atoms with E-state index >= 15 is 0 Å². The van der Waals surface area contributed by atoms with Gasteiger partial charge in [-0.2, -0.15) is 13.2 Å². The van der Waals surface area contributed by atoms with Crippen LogP contribution in [-0.2, 0) is 6.18 Å². The molecular weight excluding hydrogens is 247 g/mol. The van der Waals surface area contributed by atoms with Crippen molar-refractivity contribution >= 4 is 6.21 Å². The van der Waals surface area contributed by atoms with Crippen molar-refractivity contribution in [1.82, 2.24) is 10.2 Å². The fourth-order valence-electron chi connectivity index (χ4n) is 1.74. The first-order valence-corrected chi connectivity index (χ1v) is 5.57. The summed E-state index contributed by atoms with van der Waals surface area (Å²) in [6.45, 7) is 3.84. The van der Waals surface area contributed by atoms with Gasteiger partial charge >= 0.3 is 12.1 Å². The summed E-state index contributed by atoms with van der Waals surface area (Å²) in [6, 6.07) is 0. The topological polar surface area (TPSA) is 51.3 Å². The number of aliphatic imine (C=N–C) groups is 1. The quantitative estimate of drug-likeness (QED) is 0.819. The van der Waals surface area contributed by atoms with Crippen molar-refractivity contribution in [3.05, 3.63) is 23.6 Å². The Morgan fingerprint density at radius 1 is 1.33 bits per heavy atom. The van der Waals surface area contributed by atoms with Gasteiger partial charge in [-0.3, -0.25) is 4.99 Å². The molecule has 18 heavy (non-hydrogen) atoms. The molecule has 0 aromatic carbocycles. The van der Waals surface area contributed by atoms with Gasteiger partial charge in [0, 0.05) is 11.9 Å². The molecule has 0 fully saturated rings. The third kappa shape index (κ3) is 2.44. The van der Waals surface area contributed by atoms with Crippen LogP contribution >= 0.6 is 0 Å². The lowest BCUT2D eigenvalue weighted by molar-refractivity contribution is -0.157. The lowest BCUT2D eigenvalue weighted by Crippen LogP contribution is -2.14. The zero-order chi connectivity index (χ0) is 13.3. The van der Waals surface area contributed by atoms with Gasteiger partial charge in [0.15, 0.2) is 0 Å². The van der Waals surface area contributed by atoms with Crippen LogP contribution in [-0.4, -0.2) is 16.4 Å². The van der Waals surface area contributed by atoms with Crippen LogP contribution in [0.25, 0.3) is 0 Å². The van der Waals surface area contributed by atoms with Gasteiger partial charge in [-0.15, -0.1) is 10.2 Å². The molecule has 0 amide bonds. The summed E-state index contributed by atoms with van der Waals surface area (Å²) in [5.74, 6) is -1.78. The lowest BCUT2D eigenvalue weighted by atomic mass is 9.91. The second-order valence-electron chi connectivity index (χ2n) is 4.12. The maximum Gasteiger partial charge on any atom is 0.470 e. The average molecular weight is 259 g/mol. The highest BCUT2D eigenvalue weighted by atomic mass is 19.4. The molecule has 7 heteroatoms. The SMILES string of the molecule is CCC1=CC(C)C(c2nnc(C(F)(F)F)o2)C=N1. The van der Waals surface area contributed by atoms with E-state index in [-0.39, 0.29) is 11.8 Å². The third-order valence-electron chi connectivity index (χ3n) is 2.75. The molecule has 98 valence electrons. The second-order valence-corrected chi connectivity index (χ2v) is 4.12. The molecular formula is C11H12F3N3O. The maximum absolute atomic E-state index is 12.3. The van der Waals surface area contributed by atoms with Crippen molar-refractivity contribution in [2.24, 2.45) is 10.9 Å². The van der Waals surface area contributed by atoms with Crippen LogP contribution in [0.15, 0.2) is 21.2 Å². The Morgan fingerprint density at radius 3 is 2.56 bits per heavy atom. The monoisotopic (exact) mass is 259 g/mol. The predicted octanol–water partition coefficient (Wildman–Crippen LogP) is 3.19. The highest BCUT2D eigenvalue weighted by molar-refractivity contribution is 5.69. The molecule has 1 aliphatic rings. The van der Waals surface area contributed by atoms with Crippen molar-refractivity contribution in [1.29, 1.82) is 0 Å². The largest absolute Gasteiger partial charge is 0.470 e. The minimum atomic E-state index is -4.61. The zero-order valence-corrected chi connectivity index (χ0v) is 9.90. The number of hydrogen-bond donors (Lipinski definition) is 0. The van der Waals surface area contributed by atoms with Crippen LogP contribution in [0.4, 0.5) is 13.2 Å². The van der Waals surface area contributed by atoms with Crippen LogP contribution in [0.3, 0.4) is 0 Å². The van der Waals surface area contributed by atoms with E-state index in [1.54, 1.807) is 6.21 Å². The number of allylic oxidation sites excluding steroid dienone is 2. The molecule has 0 aliphatic carbocycles. The summed E-state index contributed by atoms with van der Waals surface area (Å²) in [5.41, 5.74) is 0.911. The summed E-state index contributed by atoms with van der Waals surface area (Å²) in [4.78, 5) is 4.15. The molecule has 0 bridgehead atoms. The van der Waals surface area contributed by atoms with Gasteiger partial charge in [-0.1, -0.05) is 19.9 Å². The minimum Gasteiger partial charge on any atom is -0.417 e. The standard InChI is InChI=1S/C11H12F3N3O/c1-3-7-4-6(2)8(5-15-7)9-16-17-10(18-9)11(12,13)14/h4-6,8H,3H2,1-2H3. The molecule has 0 radical (unpaired) electrons. The number of rotatable bonds is 2. The number of nitrogens with zero attached hydrogens (tertiary/aromatic N) is 3. The van der Waals surface area contributed by atoms with E-state index in [0.717, 1.165) is 12.1 Å². The van der Waals surface area contributed by atoms with Gasteiger partial charge in [0.25, 0.3) is 0 Å². The number of hydrogen-bond acceptors (Lipinski definition) is 4. The summed E-state index contributed by atoms with van der Waals surface area (Å²) in [5, 5.41) is 6.46. The van der Waals surface area contributed by atoms with E-state index in [4.69, 9.17) is 0 Å². The Labute approximate surface area is 102 Å². The number of alkyl halides is 3. The maximum atomic E-state index is 12.3. The van der Waals surface area contributed by atoms with E-state index in [9.17, 15) is 13.2 Å². The van der Waals surface area contributed by atoms with Crippen molar-refractivity contribution < 1.29 is 17.6 Å². The van der Waals surface area contributed by atoms with Crippen LogP contribution in [0.2, 0.25) is 0 Å². The van der Waals surface area contributed by atoms with Gasteiger partial charge in [0.2, 0.25) is 5.89 Å². The van der Waals surface area contributed by atoms with Gasteiger partial charge in [0.05, 0.1) is 5.92 Å². The van der Waals surface area contributed by atoms with E-state index in [0.29, 0.717) is 0 Å². The molecule has 0 saturated carbocycles. The minimum absolute atomic E-state index is 0.0148. The highest BCUT2D eigenvalue weighted by Gasteiger charge is 2.39. The first-order chi connectivity index (χ1) is 8.41. The zero-order valence-electron chi connectivity index (χ0n) is 9.90. The van der Waals surface area contributed by atoms with Crippen molar-refractivity contribution in [2.45, 2.75) is 32.4 Å². The molecule has 0 saturated heterocycles. The highest BCUT2D eigenvalue weighted by Crippen LogP contribution is 2.32.